The normalized spacial score (nSPS) is 18.5. The lowest BCUT2D eigenvalue weighted by Gasteiger charge is -2.19. The molecule has 0 amide bonds. The van der Waals surface area contributed by atoms with Gasteiger partial charge in [-0.2, -0.15) is 5.26 Å². The predicted octanol–water partition coefficient (Wildman–Crippen LogP) is 2.32. The van der Waals surface area contributed by atoms with Gasteiger partial charge < -0.3 is 9.64 Å². The monoisotopic (exact) mass is 308 g/mol. The Morgan fingerprint density at radius 3 is 3.00 bits per heavy atom. The fraction of sp³-hybridized carbons (Fsp3) is 0.385. The molecular weight excluding hydrogens is 296 g/mol. The molecule has 1 saturated heterocycles. The van der Waals surface area contributed by atoms with Crippen molar-refractivity contribution in [1.82, 2.24) is 0 Å². The molecule has 5 heteroatoms. The number of ether oxygens (including phenoxy) is 1. The molecule has 1 aromatic carbocycles. The minimum absolute atomic E-state index is 0.0578. The fourth-order valence-electron chi connectivity index (χ4n) is 2.17. The second kappa shape index (κ2) is 5.40. The van der Waals surface area contributed by atoms with Crippen LogP contribution in [-0.4, -0.2) is 26.2 Å². The summed E-state index contributed by atoms with van der Waals surface area (Å²) < 4.78 is 5.65. The molecule has 1 heterocycles. The van der Waals surface area contributed by atoms with Gasteiger partial charge in [0, 0.05) is 17.6 Å². The van der Waals surface area contributed by atoms with Crippen molar-refractivity contribution in [2.75, 3.05) is 25.1 Å². The summed E-state index contributed by atoms with van der Waals surface area (Å²) in [7, 11) is 1.42. The average Bonchev–Trinajstić information content (AvgIpc) is 2.87. The highest BCUT2D eigenvalue weighted by Gasteiger charge is 2.29. The molecule has 18 heavy (non-hydrogen) atoms. The van der Waals surface area contributed by atoms with Gasteiger partial charge in [0.1, 0.15) is 0 Å². The highest BCUT2D eigenvalue weighted by Crippen LogP contribution is 2.31. The Labute approximate surface area is 114 Å². The molecule has 0 saturated carbocycles. The Bertz CT molecular complexity index is 510. The number of halogens is 1. The molecule has 4 nitrogen and oxygen atoms in total. The van der Waals surface area contributed by atoms with Gasteiger partial charge in [0.2, 0.25) is 0 Å². The van der Waals surface area contributed by atoms with Crippen LogP contribution < -0.4 is 4.90 Å². The lowest BCUT2D eigenvalue weighted by atomic mass is 10.1. The highest BCUT2D eigenvalue weighted by atomic mass is 79.9. The summed E-state index contributed by atoms with van der Waals surface area (Å²) in [5, 5.41) is 8.82. The number of anilines is 1. The quantitative estimate of drug-likeness (QED) is 0.787. The van der Waals surface area contributed by atoms with Gasteiger partial charge in [0.15, 0.2) is 0 Å². The van der Waals surface area contributed by atoms with E-state index in [1.807, 2.05) is 6.07 Å². The zero-order valence-corrected chi connectivity index (χ0v) is 11.6. The van der Waals surface area contributed by atoms with Crippen LogP contribution in [0.3, 0.4) is 0 Å². The zero-order chi connectivity index (χ0) is 13.1. The van der Waals surface area contributed by atoms with Gasteiger partial charge in [-0.15, -0.1) is 0 Å². The van der Waals surface area contributed by atoms with Gasteiger partial charge in [-0.1, -0.05) is 0 Å². The Kier molecular flexibility index (Phi) is 3.87. The van der Waals surface area contributed by atoms with Gasteiger partial charge in [-0.05, 0) is 40.5 Å². The number of nitriles is 1. The number of carbonyl (C=O) groups excluding carboxylic acids is 1. The molecule has 1 fully saturated rings. The standard InChI is InChI=1S/C13H13BrN2O2/c1-18-13(17)10-4-5-16(8-10)12-3-2-9(7-15)6-11(12)14/h2-3,6,10H,4-5,8H2,1H3. The topological polar surface area (TPSA) is 53.3 Å². The lowest BCUT2D eigenvalue weighted by molar-refractivity contribution is -0.144. The van der Waals surface area contributed by atoms with Crippen molar-refractivity contribution in [1.29, 1.82) is 5.26 Å². The molecule has 0 radical (unpaired) electrons. The van der Waals surface area contributed by atoms with Crippen molar-refractivity contribution in [3.05, 3.63) is 28.2 Å². The maximum atomic E-state index is 11.5. The number of nitrogens with zero attached hydrogens (tertiary/aromatic N) is 2. The highest BCUT2D eigenvalue weighted by molar-refractivity contribution is 9.10. The third-order valence-electron chi connectivity index (χ3n) is 3.14. The Hall–Kier alpha value is -1.54. The molecule has 0 aromatic heterocycles. The van der Waals surface area contributed by atoms with E-state index in [1.54, 1.807) is 12.1 Å². The van der Waals surface area contributed by atoms with Crippen LogP contribution in [0.5, 0.6) is 0 Å². The summed E-state index contributed by atoms with van der Waals surface area (Å²) >= 11 is 3.46. The molecule has 1 atom stereocenters. The minimum Gasteiger partial charge on any atom is -0.469 e. The summed E-state index contributed by atoms with van der Waals surface area (Å²) in [5.74, 6) is -0.209. The number of hydrogen-bond acceptors (Lipinski definition) is 4. The predicted molar refractivity (Wildman–Crippen MR) is 71.2 cm³/mol. The zero-order valence-electron chi connectivity index (χ0n) is 10.0. The van der Waals surface area contributed by atoms with E-state index in [-0.39, 0.29) is 11.9 Å². The third kappa shape index (κ3) is 2.49. The third-order valence-corrected chi connectivity index (χ3v) is 3.78. The van der Waals surface area contributed by atoms with Crippen LogP contribution in [0.2, 0.25) is 0 Å². The minimum atomic E-state index is -0.151. The fourth-order valence-corrected chi connectivity index (χ4v) is 2.80. The van der Waals surface area contributed by atoms with Crippen LogP contribution >= 0.6 is 15.9 Å². The smallest absolute Gasteiger partial charge is 0.310 e. The summed E-state index contributed by atoms with van der Waals surface area (Å²) in [6.07, 6.45) is 0.805. The summed E-state index contributed by atoms with van der Waals surface area (Å²) in [6, 6.07) is 7.58. The first-order valence-corrected chi connectivity index (χ1v) is 6.47. The largest absolute Gasteiger partial charge is 0.469 e. The van der Waals surface area contributed by atoms with Gasteiger partial charge in [-0.3, -0.25) is 4.79 Å². The molecule has 2 rings (SSSR count). The Balaban J connectivity index is 2.15. The summed E-state index contributed by atoms with van der Waals surface area (Å²) in [4.78, 5) is 13.6. The van der Waals surface area contributed by atoms with E-state index in [0.717, 1.165) is 23.1 Å². The lowest BCUT2D eigenvalue weighted by Crippen LogP contribution is -2.23. The number of carbonyl (C=O) groups is 1. The van der Waals surface area contributed by atoms with Crippen molar-refractivity contribution in [3.8, 4) is 6.07 Å². The van der Waals surface area contributed by atoms with Crippen LogP contribution in [0.1, 0.15) is 12.0 Å². The number of hydrogen-bond donors (Lipinski definition) is 0. The van der Waals surface area contributed by atoms with E-state index < -0.39 is 0 Å². The van der Waals surface area contributed by atoms with Crippen LogP contribution in [0.15, 0.2) is 22.7 Å². The molecule has 1 aliphatic rings. The molecular formula is C13H13BrN2O2. The first-order chi connectivity index (χ1) is 8.65. The maximum Gasteiger partial charge on any atom is 0.310 e. The van der Waals surface area contributed by atoms with Crippen molar-refractivity contribution < 1.29 is 9.53 Å². The first-order valence-electron chi connectivity index (χ1n) is 5.68. The molecule has 0 bridgehead atoms. The van der Waals surface area contributed by atoms with Crippen molar-refractivity contribution >= 4 is 27.6 Å². The molecule has 0 N–H and O–H groups in total. The van der Waals surface area contributed by atoms with E-state index in [2.05, 4.69) is 26.9 Å². The Morgan fingerprint density at radius 1 is 1.61 bits per heavy atom. The molecule has 1 aromatic rings. The van der Waals surface area contributed by atoms with Crippen molar-refractivity contribution in [2.45, 2.75) is 6.42 Å². The van der Waals surface area contributed by atoms with E-state index in [9.17, 15) is 4.79 Å². The van der Waals surface area contributed by atoms with E-state index in [0.29, 0.717) is 12.1 Å². The second-order valence-corrected chi connectivity index (χ2v) is 5.09. The number of benzene rings is 1. The second-order valence-electron chi connectivity index (χ2n) is 4.23. The van der Waals surface area contributed by atoms with E-state index in [1.165, 1.54) is 7.11 Å². The molecule has 0 spiro atoms. The summed E-state index contributed by atoms with van der Waals surface area (Å²) in [5.41, 5.74) is 1.63. The number of methoxy groups -OCH3 is 1. The number of esters is 1. The molecule has 0 aliphatic carbocycles. The Morgan fingerprint density at radius 2 is 2.39 bits per heavy atom. The van der Waals surface area contributed by atoms with Gasteiger partial charge in [0.05, 0.1) is 30.3 Å². The van der Waals surface area contributed by atoms with Crippen LogP contribution in [0.4, 0.5) is 5.69 Å². The van der Waals surface area contributed by atoms with Crippen molar-refractivity contribution in [3.63, 3.8) is 0 Å². The molecule has 1 aliphatic heterocycles. The molecule has 1 unspecified atom stereocenters. The maximum absolute atomic E-state index is 11.5. The van der Waals surface area contributed by atoms with Crippen LogP contribution in [0, 0.1) is 17.2 Å². The van der Waals surface area contributed by atoms with Crippen LogP contribution in [0.25, 0.3) is 0 Å². The van der Waals surface area contributed by atoms with Crippen LogP contribution in [-0.2, 0) is 9.53 Å². The van der Waals surface area contributed by atoms with E-state index >= 15 is 0 Å². The van der Waals surface area contributed by atoms with E-state index in [4.69, 9.17) is 10.00 Å². The van der Waals surface area contributed by atoms with Crippen molar-refractivity contribution in [2.24, 2.45) is 5.92 Å². The van der Waals surface area contributed by atoms with Gasteiger partial charge in [-0.25, -0.2) is 0 Å². The summed E-state index contributed by atoms with van der Waals surface area (Å²) in [6.45, 7) is 1.49. The van der Waals surface area contributed by atoms with Gasteiger partial charge in [0.25, 0.3) is 0 Å². The average molecular weight is 309 g/mol. The molecule has 94 valence electrons. The SMILES string of the molecule is COC(=O)C1CCN(c2ccc(C#N)cc2Br)C1. The van der Waals surface area contributed by atoms with Gasteiger partial charge >= 0.3 is 5.97 Å². The first kappa shape index (κ1) is 12.9. The number of rotatable bonds is 2.